The molecule has 21 heavy (non-hydrogen) atoms. The van der Waals surface area contributed by atoms with Crippen LogP contribution in [0.25, 0.3) is 6.08 Å². The second-order valence-electron chi connectivity index (χ2n) is 5.93. The number of benzene rings is 1. The number of likely N-dealkylation sites (tertiary alicyclic amines) is 1. The number of rotatable bonds is 2. The van der Waals surface area contributed by atoms with Crippen molar-refractivity contribution in [2.24, 2.45) is 5.92 Å². The molecular formula is C17H21NO3. The highest BCUT2D eigenvalue weighted by atomic mass is 16.5. The Morgan fingerprint density at radius 1 is 1.38 bits per heavy atom. The summed E-state index contributed by atoms with van der Waals surface area (Å²) < 4.78 is 5.67. The Hall–Kier alpha value is -1.81. The van der Waals surface area contributed by atoms with Gasteiger partial charge in [0.05, 0.1) is 5.57 Å². The van der Waals surface area contributed by atoms with Gasteiger partial charge in [-0.25, -0.2) is 0 Å². The number of nitrogens with zero attached hydrogens (tertiary/aromatic N) is 1. The summed E-state index contributed by atoms with van der Waals surface area (Å²) in [5.74, 6) is 1.06. The number of para-hydroxylation sites is 1. The average Bonchev–Trinajstić information content (AvgIpc) is 2.54. The number of aliphatic hydroxyl groups is 1. The molecule has 1 amide bonds. The Labute approximate surface area is 125 Å². The van der Waals surface area contributed by atoms with Crippen molar-refractivity contribution in [3.05, 3.63) is 35.4 Å². The van der Waals surface area contributed by atoms with Gasteiger partial charge >= 0.3 is 0 Å². The summed E-state index contributed by atoms with van der Waals surface area (Å²) in [7, 11) is 0. The molecule has 0 bridgehead atoms. The van der Waals surface area contributed by atoms with Crippen LogP contribution in [0.5, 0.6) is 5.75 Å². The first-order valence-electron chi connectivity index (χ1n) is 7.53. The zero-order valence-electron chi connectivity index (χ0n) is 12.3. The standard InChI is InChI=1S/C17H21NO3/c1-12-6-7-13(10-19)9-18(12)17(20)15-8-14-4-2-3-5-16(14)21-11-15/h2-5,8,12-13,19H,6-7,9-11H2,1H3. The van der Waals surface area contributed by atoms with Crippen LogP contribution in [0.2, 0.25) is 0 Å². The average molecular weight is 287 g/mol. The van der Waals surface area contributed by atoms with Crippen molar-refractivity contribution in [3.63, 3.8) is 0 Å². The minimum absolute atomic E-state index is 0.0372. The molecule has 2 atom stereocenters. The molecule has 1 aromatic rings. The van der Waals surface area contributed by atoms with Gasteiger partial charge in [-0.05, 0) is 37.8 Å². The molecule has 3 rings (SSSR count). The summed E-state index contributed by atoms with van der Waals surface area (Å²) in [5.41, 5.74) is 1.65. The van der Waals surface area contributed by atoms with Crippen LogP contribution in [-0.2, 0) is 4.79 Å². The normalized spacial score (nSPS) is 24.9. The van der Waals surface area contributed by atoms with E-state index in [1.54, 1.807) is 0 Å². The highest BCUT2D eigenvalue weighted by Gasteiger charge is 2.31. The van der Waals surface area contributed by atoms with Crippen LogP contribution in [0.3, 0.4) is 0 Å². The van der Waals surface area contributed by atoms with Gasteiger partial charge in [-0.1, -0.05) is 18.2 Å². The van der Waals surface area contributed by atoms with E-state index in [0.29, 0.717) is 18.7 Å². The van der Waals surface area contributed by atoms with E-state index in [9.17, 15) is 9.90 Å². The van der Waals surface area contributed by atoms with E-state index in [2.05, 4.69) is 6.92 Å². The van der Waals surface area contributed by atoms with Crippen LogP contribution in [0.15, 0.2) is 29.8 Å². The van der Waals surface area contributed by atoms with Crippen molar-refractivity contribution in [2.75, 3.05) is 19.8 Å². The number of hydrogen-bond acceptors (Lipinski definition) is 3. The van der Waals surface area contributed by atoms with E-state index in [4.69, 9.17) is 4.74 Å². The number of ether oxygens (including phenoxy) is 1. The third kappa shape index (κ3) is 2.81. The second-order valence-corrected chi connectivity index (χ2v) is 5.93. The predicted octanol–water partition coefficient (Wildman–Crippen LogP) is 2.08. The Kier molecular flexibility index (Phi) is 3.97. The number of fused-ring (bicyclic) bond motifs is 1. The maximum Gasteiger partial charge on any atom is 0.253 e. The molecule has 1 fully saturated rings. The van der Waals surface area contributed by atoms with Gasteiger partial charge in [-0.15, -0.1) is 0 Å². The molecule has 0 saturated carbocycles. The van der Waals surface area contributed by atoms with Crippen molar-refractivity contribution >= 4 is 12.0 Å². The Morgan fingerprint density at radius 2 is 2.19 bits per heavy atom. The van der Waals surface area contributed by atoms with Crippen molar-refractivity contribution in [1.29, 1.82) is 0 Å². The third-order valence-electron chi connectivity index (χ3n) is 4.41. The molecule has 2 unspecified atom stereocenters. The Bertz CT molecular complexity index is 567. The lowest BCUT2D eigenvalue weighted by atomic mass is 9.93. The fourth-order valence-electron chi connectivity index (χ4n) is 3.04. The summed E-state index contributed by atoms with van der Waals surface area (Å²) in [5, 5.41) is 9.34. The van der Waals surface area contributed by atoms with Crippen LogP contribution in [0, 0.1) is 5.92 Å². The monoisotopic (exact) mass is 287 g/mol. The van der Waals surface area contributed by atoms with Crippen molar-refractivity contribution < 1.29 is 14.6 Å². The highest BCUT2D eigenvalue weighted by molar-refractivity contribution is 5.99. The third-order valence-corrected chi connectivity index (χ3v) is 4.41. The summed E-state index contributed by atoms with van der Waals surface area (Å²) in [4.78, 5) is 14.6. The summed E-state index contributed by atoms with van der Waals surface area (Å²) in [6.45, 7) is 3.18. The van der Waals surface area contributed by atoms with Crippen LogP contribution < -0.4 is 4.74 Å². The van der Waals surface area contributed by atoms with E-state index >= 15 is 0 Å². The van der Waals surface area contributed by atoms with E-state index in [1.165, 1.54) is 0 Å². The van der Waals surface area contributed by atoms with Gasteiger partial charge in [-0.2, -0.15) is 0 Å². The molecular weight excluding hydrogens is 266 g/mol. The van der Waals surface area contributed by atoms with E-state index in [1.807, 2.05) is 35.2 Å². The fraction of sp³-hybridized carbons (Fsp3) is 0.471. The molecule has 1 aromatic carbocycles. The molecule has 2 aliphatic heterocycles. The number of carbonyl (C=O) groups excluding carboxylic acids is 1. The topological polar surface area (TPSA) is 49.8 Å². The van der Waals surface area contributed by atoms with Gasteiger partial charge in [0.25, 0.3) is 5.91 Å². The zero-order valence-corrected chi connectivity index (χ0v) is 12.3. The molecule has 2 heterocycles. The Morgan fingerprint density at radius 3 is 3.00 bits per heavy atom. The number of amides is 1. The number of piperidine rings is 1. The highest BCUT2D eigenvalue weighted by Crippen LogP contribution is 2.28. The maximum atomic E-state index is 12.7. The molecule has 2 aliphatic rings. The number of aliphatic hydroxyl groups excluding tert-OH is 1. The summed E-state index contributed by atoms with van der Waals surface area (Å²) in [6, 6.07) is 7.96. The molecule has 0 radical (unpaired) electrons. The first-order valence-corrected chi connectivity index (χ1v) is 7.53. The van der Waals surface area contributed by atoms with E-state index in [-0.39, 0.29) is 24.5 Å². The fourth-order valence-corrected chi connectivity index (χ4v) is 3.04. The van der Waals surface area contributed by atoms with Crippen LogP contribution in [0.4, 0.5) is 0 Å². The van der Waals surface area contributed by atoms with E-state index < -0.39 is 0 Å². The quantitative estimate of drug-likeness (QED) is 0.906. The number of carbonyl (C=O) groups is 1. The molecule has 0 aromatic heterocycles. The largest absolute Gasteiger partial charge is 0.488 e. The Balaban J connectivity index is 1.80. The van der Waals surface area contributed by atoms with Gasteiger partial charge in [0, 0.05) is 24.8 Å². The van der Waals surface area contributed by atoms with E-state index in [0.717, 1.165) is 24.2 Å². The van der Waals surface area contributed by atoms with Crippen LogP contribution >= 0.6 is 0 Å². The van der Waals surface area contributed by atoms with Crippen molar-refractivity contribution in [3.8, 4) is 5.75 Å². The molecule has 1 saturated heterocycles. The first kappa shape index (κ1) is 14.1. The lowest BCUT2D eigenvalue weighted by molar-refractivity contribution is -0.132. The molecule has 0 spiro atoms. The SMILES string of the molecule is CC1CCC(CO)CN1C(=O)C1=Cc2ccccc2OC1. The zero-order chi connectivity index (χ0) is 14.8. The molecule has 4 heteroatoms. The molecule has 1 N–H and O–H groups in total. The summed E-state index contributed by atoms with van der Waals surface area (Å²) >= 11 is 0. The molecule has 0 aliphatic carbocycles. The minimum Gasteiger partial charge on any atom is -0.488 e. The van der Waals surface area contributed by atoms with Crippen molar-refractivity contribution in [2.45, 2.75) is 25.8 Å². The minimum atomic E-state index is 0.0372. The lowest BCUT2D eigenvalue weighted by Crippen LogP contribution is -2.47. The molecule has 4 nitrogen and oxygen atoms in total. The number of hydrogen-bond donors (Lipinski definition) is 1. The second kappa shape index (κ2) is 5.90. The van der Waals surface area contributed by atoms with Gasteiger partial charge in [-0.3, -0.25) is 4.79 Å². The predicted molar refractivity (Wildman–Crippen MR) is 80.9 cm³/mol. The van der Waals surface area contributed by atoms with Crippen LogP contribution in [-0.4, -0.2) is 41.7 Å². The molecule has 112 valence electrons. The smallest absolute Gasteiger partial charge is 0.253 e. The van der Waals surface area contributed by atoms with Gasteiger partial charge < -0.3 is 14.7 Å². The maximum absolute atomic E-state index is 12.7. The van der Waals surface area contributed by atoms with Gasteiger partial charge in [0.15, 0.2) is 0 Å². The van der Waals surface area contributed by atoms with Crippen LogP contribution in [0.1, 0.15) is 25.3 Å². The van der Waals surface area contributed by atoms with Crippen molar-refractivity contribution in [1.82, 2.24) is 4.90 Å². The first-order chi connectivity index (χ1) is 10.2. The van der Waals surface area contributed by atoms with Gasteiger partial charge in [0.1, 0.15) is 12.4 Å². The summed E-state index contributed by atoms with van der Waals surface area (Å²) in [6.07, 6.45) is 3.86. The lowest BCUT2D eigenvalue weighted by Gasteiger charge is -2.38. The van der Waals surface area contributed by atoms with Gasteiger partial charge in [0.2, 0.25) is 0 Å².